The predicted molar refractivity (Wildman–Crippen MR) is 136 cm³/mol. The average Bonchev–Trinajstić information content (AvgIpc) is 3.33. The first kappa shape index (κ1) is 23.9. The lowest BCUT2D eigenvalue weighted by molar-refractivity contribution is -0.116. The number of hydrogen-bond acceptors (Lipinski definition) is 5. The van der Waals surface area contributed by atoms with Crippen molar-refractivity contribution in [3.8, 4) is 22.9 Å². The predicted octanol–water partition coefficient (Wildman–Crippen LogP) is 5.63. The highest BCUT2D eigenvalue weighted by molar-refractivity contribution is 5.94. The van der Waals surface area contributed by atoms with Crippen LogP contribution in [0.3, 0.4) is 0 Å². The molecular weight excluding hydrogens is 440 g/mol. The molecule has 7 heteroatoms. The van der Waals surface area contributed by atoms with Gasteiger partial charge in [0.1, 0.15) is 0 Å². The minimum atomic E-state index is -0.197. The lowest BCUT2D eigenvalue weighted by atomic mass is 10.1. The van der Waals surface area contributed by atoms with Crippen LogP contribution in [0.25, 0.3) is 22.9 Å². The SMILES string of the molecule is Cc1cccc(-c2nnc(-c3ccc(C(=O)NCc4cccc(NC(=O)CC(C)C)c4)cc3)o2)c1. The first-order valence-electron chi connectivity index (χ1n) is 11.6. The molecule has 7 nitrogen and oxygen atoms in total. The average molecular weight is 469 g/mol. The molecule has 178 valence electrons. The molecule has 0 atom stereocenters. The van der Waals surface area contributed by atoms with E-state index >= 15 is 0 Å². The van der Waals surface area contributed by atoms with Gasteiger partial charge in [-0.3, -0.25) is 9.59 Å². The summed E-state index contributed by atoms with van der Waals surface area (Å²) < 4.78 is 5.82. The number of nitrogens with zero attached hydrogens (tertiary/aromatic N) is 2. The Morgan fingerprint density at radius 3 is 2.31 bits per heavy atom. The van der Waals surface area contributed by atoms with E-state index in [1.165, 1.54) is 0 Å². The van der Waals surface area contributed by atoms with Crippen LogP contribution in [0.1, 0.15) is 41.8 Å². The van der Waals surface area contributed by atoms with Gasteiger partial charge in [-0.1, -0.05) is 43.7 Å². The number of amides is 2. The number of carbonyl (C=O) groups is 2. The highest BCUT2D eigenvalue weighted by Crippen LogP contribution is 2.24. The van der Waals surface area contributed by atoms with Crippen LogP contribution in [0.2, 0.25) is 0 Å². The topological polar surface area (TPSA) is 97.1 Å². The highest BCUT2D eigenvalue weighted by Gasteiger charge is 2.12. The van der Waals surface area contributed by atoms with E-state index < -0.39 is 0 Å². The van der Waals surface area contributed by atoms with E-state index in [0.29, 0.717) is 36.2 Å². The van der Waals surface area contributed by atoms with Gasteiger partial charge in [-0.25, -0.2) is 0 Å². The van der Waals surface area contributed by atoms with Gasteiger partial charge in [0.15, 0.2) is 0 Å². The van der Waals surface area contributed by atoms with Crippen LogP contribution in [0, 0.1) is 12.8 Å². The van der Waals surface area contributed by atoms with E-state index in [0.717, 1.165) is 27.9 Å². The third kappa shape index (κ3) is 6.41. The molecule has 0 saturated carbocycles. The van der Waals surface area contributed by atoms with Crippen LogP contribution in [-0.4, -0.2) is 22.0 Å². The zero-order valence-electron chi connectivity index (χ0n) is 20.0. The number of anilines is 1. The molecular formula is C28H28N4O3. The van der Waals surface area contributed by atoms with Crippen molar-refractivity contribution in [3.05, 3.63) is 89.5 Å². The van der Waals surface area contributed by atoms with Gasteiger partial charge in [-0.15, -0.1) is 10.2 Å². The molecule has 0 aliphatic heterocycles. The number of aromatic nitrogens is 2. The van der Waals surface area contributed by atoms with Crippen molar-refractivity contribution in [2.75, 3.05) is 5.32 Å². The maximum absolute atomic E-state index is 12.6. The van der Waals surface area contributed by atoms with Crippen molar-refractivity contribution in [2.45, 2.75) is 33.7 Å². The number of aryl methyl sites for hydroxylation is 1. The van der Waals surface area contributed by atoms with Crippen molar-refractivity contribution in [2.24, 2.45) is 5.92 Å². The summed E-state index contributed by atoms with van der Waals surface area (Å²) in [5, 5.41) is 14.1. The molecule has 35 heavy (non-hydrogen) atoms. The minimum Gasteiger partial charge on any atom is -0.416 e. The fourth-order valence-electron chi connectivity index (χ4n) is 3.63. The van der Waals surface area contributed by atoms with E-state index in [1.54, 1.807) is 24.3 Å². The van der Waals surface area contributed by atoms with Gasteiger partial charge in [0.05, 0.1) is 0 Å². The van der Waals surface area contributed by atoms with Crippen molar-refractivity contribution in [1.82, 2.24) is 15.5 Å². The van der Waals surface area contributed by atoms with Gasteiger partial charge < -0.3 is 15.1 Å². The lowest BCUT2D eigenvalue weighted by Crippen LogP contribution is -2.22. The quantitative estimate of drug-likeness (QED) is 0.349. The molecule has 0 saturated heterocycles. The third-order valence-corrected chi connectivity index (χ3v) is 5.34. The van der Waals surface area contributed by atoms with Gasteiger partial charge >= 0.3 is 0 Å². The second-order valence-electron chi connectivity index (χ2n) is 8.89. The summed E-state index contributed by atoms with van der Waals surface area (Å²) in [4.78, 5) is 24.6. The molecule has 0 aliphatic rings. The molecule has 0 aliphatic carbocycles. The monoisotopic (exact) mass is 468 g/mol. The zero-order valence-corrected chi connectivity index (χ0v) is 20.0. The van der Waals surface area contributed by atoms with Crippen molar-refractivity contribution >= 4 is 17.5 Å². The van der Waals surface area contributed by atoms with Crippen molar-refractivity contribution in [3.63, 3.8) is 0 Å². The maximum atomic E-state index is 12.6. The fraction of sp³-hybridized carbons (Fsp3) is 0.214. The lowest BCUT2D eigenvalue weighted by Gasteiger charge is -2.10. The summed E-state index contributed by atoms with van der Waals surface area (Å²) in [5.74, 6) is 0.919. The smallest absolute Gasteiger partial charge is 0.251 e. The van der Waals surface area contributed by atoms with E-state index in [4.69, 9.17) is 4.42 Å². The molecule has 0 bridgehead atoms. The number of nitrogens with one attached hydrogen (secondary N) is 2. The Bertz CT molecular complexity index is 1330. The normalized spacial score (nSPS) is 10.9. The summed E-state index contributed by atoms with van der Waals surface area (Å²) in [6.07, 6.45) is 0.466. The Balaban J connectivity index is 1.36. The second-order valence-corrected chi connectivity index (χ2v) is 8.89. The van der Waals surface area contributed by atoms with Crippen LogP contribution < -0.4 is 10.6 Å². The number of rotatable bonds is 8. The molecule has 0 unspecified atom stereocenters. The summed E-state index contributed by atoms with van der Waals surface area (Å²) >= 11 is 0. The van der Waals surface area contributed by atoms with Crippen molar-refractivity contribution < 1.29 is 14.0 Å². The third-order valence-electron chi connectivity index (χ3n) is 5.34. The number of benzene rings is 3. The first-order chi connectivity index (χ1) is 16.9. The molecule has 2 amide bonds. The van der Waals surface area contributed by atoms with Gasteiger partial charge in [0.25, 0.3) is 5.91 Å². The van der Waals surface area contributed by atoms with E-state index in [1.807, 2.05) is 69.3 Å². The molecule has 4 rings (SSSR count). The van der Waals surface area contributed by atoms with Gasteiger partial charge in [-0.2, -0.15) is 0 Å². The first-order valence-corrected chi connectivity index (χ1v) is 11.6. The summed E-state index contributed by atoms with van der Waals surface area (Å²) in [5.41, 5.74) is 4.85. The summed E-state index contributed by atoms with van der Waals surface area (Å²) in [7, 11) is 0. The fourth-order valence-corrected chi connectivity index (χ4v) is 3.63. The van der Waals surface area contributed by atoms with Crippen LogP contribution in [-0.2, 0) is 11.3 Å². The molecule has 1 heterocycles. The Morgan fingerprint density at radius 1 is 0.886 bits per heavy atom. The van der Waals surface area contributed by atoms with Gasteiger partial charge in [-0.05, 0) is 66.9 Å². The Kier molecular flexibility index (Phi) is 7.35. The molecule has 0 spiro atoms. The van der Waals surface area contributed by atoms with Crippen LogP contribution in [0.4, 0.5) is 5.69 Å². The molecule has 0 radical (unpaired) electrons. The number of carbonyl (C=O) groups excluding carboxylic acids is 2. The van der Waals surface area contributed by atoms with Gasteiger partial charge in [0.2, 0.25) is 17.7 Å². The maximum Gasteiger partial charge on any atom is 0.251 e. The molecule has 2 N–H and O–H groups in total. The van der Waals surface area contributed by atoms with Crippen LogP contribution >= 0.6 is 0 Å². The number of hydrogen-bond donors (Lipinski definition) is 2. The second kappa shape index (κ2) is 10.8. The highest BCUT2D eigenvalue weighted by atomic mass is 16.4. The van der Waals surface area contributed by atoms with E-state index in [2.05, 4.69) is 20.8 Å². The summed E-state index contributed by atoms with van der Waals surface area (Å²) in [6.45, 7) is 6.36. The Labute approximate surface area is 204 Å². The Morgan fingerprint density at radius 2 is 1.60 bits per heavy atom. The van der Waals surface area contributed by atoms with E-state index in [-0.39, 0.29) is 11.8 Å². The minimum absolute atomic E-state index is 0.0199. The molecule has 4 aromatic rings. The largest absolute Gasteiger partial charge is 0.416 e. The van der Waals surface area contributed by atoms with Crippen molar-refractivity contribution in [1.29, 1.82) is 0 Å². The molecule has 1 aromatic heterocycles. The van der Waals surface area contributed by atoms with Crippen LogP contribution in [0.15, 0.2) is 77.2 Å². The Hall–Kier alpha value is -4.26. The standard InChI is InChI=1S/C28H28N4O3/c1-18(2)14-25(33)30-24-9-5-7-20(16-24)17-29-26(34)21-10-12-22(13-11-21)27-31-32-28(35-27)23-8-4-6-19(3)15-23/h4-13,15-16,18H,14,17H2,1-3H3,(H,29,34)(H,30,33). The zero-order chi connectivity index (χ0) is 24.8. The van der Waals surface area contributed by atoms with E-state index in [9.17, 15) is 9.59 Å². The van der Waals surface area contributed by atoms with Crippen LogP contribution in [0.5, 0.6) is 0 Å². The van der Waals surface area contributed by atoms with Gasteiger partial charge in [0, 0.05) is 35.3 Å². The molecule has 0 fully saturated rings. The summed E-state index contributed by atoms with van der Waals surface area (Å²) in [6, 6.07) is 22.3. The molecule has 3 aromatic carbocycles.